The molecule has 2 aliphatic rings. The van der Waals surface area contributed by atoms with Crippen LogP contribution in [-0.2, 0) is 0 Å². The SMILES string of the molecule is C=Cc1cccc(C2C=CC=C(C3=CC(C)=CCC3)C2)c1. The fourth-order valence-electron chi connectivity index (χ4n) is 3.18. The lowest BCUT2D eigenvalue weighted by Gasteiger charge is -2.22. The fourth-order valence-corrected chi connectivity index (χ4v) is 3.18. The van der Waals surface area contributed by atoms with Gasteiger partial charge in [-0.05, 0) is 48.5 Å². The summed E-state index contributed by atoms with van der Waals surface area (Å²) in [6.45, 7) is 6.07. The summed E-state index contributed by atoms with van der Waals surface area (Å²) < 4.78 is 0. The highest BCUT2D eigenvalue weighted by molar-refractivity contribution is 5.50. The molecule has 2 aliphatic carbocycles. The maximum atomic E-state index is 3.87. The van der Waals surface area contributed by atoms with Crippen LogP contribution < -0.4 is 0 Å². The van der Waals surface area contributed by atoms with Gasteiger partial charge in [-0.2, -0.15) is 0 Å². The molecule has 0 heterocycles. The van der Waals surface area contributed by atoms with Crippen molar-refractivity contribution in [1.29, 1.82) is 0 Å². The van der Waals surface area contributed by atoms with Crippen LogP contribution in [0.2, 0.25) is 0 Å². The van der Waals surface area contributed by atoms with Crippen molar-refractivity contribution < 1.29 is 0 Å². The maximum Gasteiger partial charge on any atom is 0.00618 e. The number of rotatable bonds is 3. The second-order valence-corrected chi connectivity index (χ2v) is 5.92. The molecule has 1 unspecified atom stereocenters. The summed E-state index contributed by atoms with van der Waals surface area (Å²) in [5.74, 6) is 0.483. The monoisotopic (exact) mass is 274 g/mol. The van der Waals surface area contributed by atoms with E-state index < -0.39 is 0 Å². The van der Waals surface area contributed by atoms with Crippen molar-refractivity contribution in [3.8, 4) is 0 Å². The Kier molecular flexibility index (Phi) is 4.06. The Labute approximate surface area is 127 Å². The van der Waals surface area contributed by atoms with Crippen molar-refractivity contribution >= 4 is 6.08 Å². The van der Waals surface area contributed by atoms with Gasteiger partial charge in [-0.15, -0.1) is 0 Å². The number of hydrogen-bond acceptors (Lipinski definition) is 0. The van der Waals surface area contributed by atoms with Crippen LogP contribution in [0.1, 0.15) is 43.2 Å². The van der Waals surface area contributed by atoms with Crippen LogP contribution in [0.4, 0.5) is 0 Å². The minimum atomic E-state index is 0.483. The molecular weight excluding hydrogens is 252 g/mol. The molecule has 0 spiro atoms. The summed E-state index contributed by atoms with van der Waals surface area (Å²) in [6.07, 6.45) is 16.9. The molecule has 1 aromatic carbocycles. The van der Waals surface area contributed by atoms with Crippen LogP contribution in [0, 0.1) is 0 Å². The smallest absolute Gasteiger partial charge is 0.00618 e. The van der Waals surface area contributed by atoms with E-state index in [-0.39, 0.29) is 0 Å². The number of benzene rings is 1. The number of hydrogen-bond donors (Lipinski definition) is 0. The highest BCUT2D eigenvalue weighted by Crippen LogP contribution is 2.35. The van der Waals surface area contributed by atoms with Gasteiger partial charge in [0.1, 0.15) is 0 Å². The molecule has 0 radical (unpaired) electrons. The van der Waals surface area contributed by atoms with Crippen molar-refractivity contribution in [3.63, 3.8) is 0 Å². The van der Waals surface area contributed by atoms with Crippen LogP contribution in [0.5, 0.6) is 0 Å². The molecule has 0 amide bonds. The Bertz CT molecular complexity index is 665. The molecule has 0 fully saturated rings. The molecule has 3 rings (SSSR count). The zero-order valence-electron chi connectivity index (χ0n) is 12.7. The summed E-state index contributed by atoms with van der Waals surface area (Å²) in [5, 5.41) is 0. The Morgan fingerprint density at radius 3 is 2.95 bits per heavy atom. The third-order valence-electron chi connectivity index (χ3n) is 4.35. The van der Waals surface area contributed by atoms with E-state index in [1.807, 2.05) is 6.08 Å². The van der Waals surface area contributed by atoms with Gasteiger partial charge in [0.15, 0.2) is 0 Å². The molecule has 106 valence electrons. The van der Waals surface area contributed by atoms with Crippen molar-refractivity contribution in [2.24, 2.45) is 0 Å². The predicted molar refractivity (Wildman–Crippen MR) is 92.2 cm³/mol. The van der Waals surface area contributed by atoms with Gasteiger partial charge < -0.3 is 0 Å². The third kappa shape index (κ3) is 3.16. The fraction of sp³-hybridized carbons (Fsp3) is 0.238. The van der Waals surface area contributed by atoms with Crippen LogP contribution in [0.15, 0.2) is 77.9 Å². The van der Waals surface area contributed by atoms with Gasteiger partial charge in [0, 0.05) is 5.92 Å². The van der Waals surface area contributed by atoms with Crippen molar-refractivity contribution in [1.82, 2.24) is 0 Å². The Morgan fingerprint density at radius 1 is 1.24 bits per heavy atom. The summed E-state index contributed by atoms with van der Waals surface area (Å²) in [6, 6.07) is 8.72. The molecule has 0 nitrogen and oxygen atoms in total. The van der Waals surface area contributed by atoms with E-state index in [2.05, 4.69) is 68.1 Å². The van der Waals surface area contributed by atoms with E-state index in [1.165, 1.54) is 40.7 Å². The normalized spacial score (nSPS) is 21.4. The molecule has 0 saturated carbocycles. The molecule has 1 atom stereocenters. The van der Waals surface area contributed by atoms with E-state index in [1.54, 1.807) is 0 Å². The van der Waals surface area contributed by atoms with E-state index in [9.17, 15) is 0 Å². The second-order valence-electron chi connectivity index (χ2n) is 5.92. The Morgan fingerprint density at radius 2 is 2.14 bits per heavy atom. The lowest BCUT2D eigenvalue weighted by atomic mass is 9.82. The van der Waals surface area contributed by atoms with Gasteiger partial charge in [0.2, 0.25) is 0 Å². The van der Waals surface area contributed by atoms with Gasteiger partial charge in [-0.3, -0.25) is 0 Å². The average Bonchev–Trinajstić information content (AvgIpc) is 2.55. The molecule has 0 aromatic heterocycles. The Hall–Kier alpha value is -2.08. The van der Waals surface area contributed by atoms with Gasteiger partial charge in [0.05, 0.1) is 0 Å². The Balaban J connectivity index is 1.83. The van der Waals surface area contributed by atoms with Gasteiger partial charge >= 0.3 is 0 Å². The van der Waals surface area contributed by atoms with Gasteiger partial charge in [0.25, 0.3) is 0 Å². The molecular formula is C21H22. The van der Waals surface area contributed by atoms with Crippen molar-refractivity contribution in [3.05, 3.63) is 89.1 Å². The first-order valence-corrected chi connectivity index (χ1v) is 7.74. The van der Waals surface area contributed by atoms with Crippen LogP contribution in [0.25, 0.3) is 6.08 Å². The summed E-state index contributed by atoms with van der Waals surface area (Å²) in [5.41, 5.74) is 7.01. The minimum absolute atomic E-state index is 0.483. The van der Waals surface area contributed by atoms with Gasteiger partial charge in [-0.1, -0.05) is 72.9 Å². The largest absolute Gasteiger partial charge is 0.0985 e. The van der Waals surface area contributed by atoms with Crippen LogP contribution in [-0.4, -0.2) is 0 Å². The zero-order valence-corrected chi connectivity index (χ0v) is 12.7. The highest BCUT2D eigenvalue weighted by Gasteiger charge is 2.17. The van der Waals surface area contributed by atoms with E-state index >= 15 is 0 Å². The van der Waals surface area contributed by atoms with Crippen molar-refractivity contribution in [2.75, 3.05) is 0 Å². The lowest BCUT2D eigenvalue weighted by Crippen LogP contribution is -2.04. The maximum absolute atomic E-state index is 3.87. The number of allylic oxidation sites excluding steroid dienone is 8. The third-order valence-corrected chi connectivity index (χ3v) is 4.35. The molecule has 1 aromatic rings. The van der Waals surface area contributed by atoms with E-state index in [0.717, 1.165) is 6.42 Å². The lowest BCUT2D eigenvalue weighted by molar-refractivity contribution is 0.798. The van der Waals surface area contributed by atoms with Crippen LogP contribution >= 0.6 is 0 Å². The topological polar surface area (TPSA) is 0 Å². The first kappa shape index (κ1) is 13.9. The van der Waals surface area contributed by atoms with Crippen molar-refractivity contribution in [2.45, 2.75) is 32.1 Å². The average molecular weight is 274 g/mol. The van der Waals surface area contributed by atoms with Gasteiger partial charge in [-0.25, -0.2) is 0 Å². The summed E-state index contributed by atoms with van der Waals surface area (Å²) >= 11 is 0. The predicted octanol–water partition coefficient (Wildman–Crippen LogP) is 5.97. The molecule has 21 heavy (non-hydrogen) atoms. The molecule has 0 saturated heterocycles. The van der Waals surface area contributed by atoms with Crippen LogP contribution in [0.3, 0.4) is 0 Å². The quantitative estimate of drug-likeness (QED) is 0.637. The molecule has 0 aliphatic heterocycles. The summed E-state index contributed by atoms with van der Waals surface area (Å²) in [7, 11) is 0. The second kappa shape index (κ2) is 6.13. The highest BCUT2D eigenvalue weighted by atomic mass is 14.2. The summed E-state index contributed by atoms with van der Waals surface area (Å²) in [4.78, 5) is 0. The first-order valence-electron chi connectivity index (χ1n) is 7.74. The molecule has 0 heteroatoms. The zero-order chi connectivity index (χ0) is 14.7. The van der Waals surface area contributed by atoms with E-state index in [0.29, 0.717) is 5.92 Å². The molecule has 0 bridgehead atoms. The van der Waals surface area contributed by atoms with E-state index in [4.69, 9.17) is 0 Å². The molecule has 0 N–H and O–H groups in total. The first-order chi connectivity index (χ1) is 10.3. The minimum Gasteiger partial charge on any atom is -0.0985 e. The standard InChI is InChI=1S/C21H22/c1-3-17-8-5-10-19(14-17)21-12-6-11-20(15-21)18-9-4-7-16(2)13-18/h3,5-8,10-14,21H,1,4,9,15H2,2H3.